The molecule has 5 heteroatoms. The van der Waals surface area contributed by atoms with E-state index in [4.69, 9.17) is 9.47 Å². The lowest BCUT2D eigenvalue weighted by atomic mass is 10.0. The van der Waals surface area contributed by atoms with Crippen LogP contribution in [0.15, 0.2) is 72.8 Å². The van der Waals surface area contributed by atoms with Crippen LogP contribution in [-0.4, -0.2) is 39.3 Å². The minimum atomic E-state index is -0.165. The van der Waals surface area contributed by atoms with Crippen molar-refractivity contribution in [1.82, 2.24) is 0 Å². The molecule has 0 bridgehead atoms. The second-order valence-corrected chi connectivity index (χ2v) is 6.88. The third-order valence-corrected chi connectivity index (χ3v) is 5.06. The molecular weight excluding hydrogens is 364 g/mol. The zero-order valence-corrected chi connectivity index (χ0v) is 16.4. The van der Waals surface area contributed by atoms with E-state index in [9.17, 15) is 4.79 Å². The molecule has 0 aliphatic carbocycles. The van der Waals surface area contributed by atoms with Crippen molar-refractivity contribution in [2.75, 3.05) is 43.6 Å². The predicted molar refractivity (Wildman–Crippen MR) is 116 cm³/mol. The van der Waals surface area contributed by atoms with Crippen LogP contribution in [0.4, 0.5) is 11.4 Å². The van der Waals surface area contributed by atoms with Gasteiger partial charge in [-0.1, -0.05) is 42.5 Å². The summed E-state index contributed by atoms with van der Waals surface area (Å²) in [6.07, 6.45) is 0. The molecule has 4 rings (SSSR count). The van der Waals surface area contributed by atoms with Crippen LogP contribution >= 0.6 is 0 Å². The lowest BCUT2D eigenvalue weighted by Gasteiger charge is -2.29. The van der Waals surface area contributed by atoms with Crippen molar-refractivity contribution in [3.05, 3.63) is 78.4 Å². The van der Waals surface area contributed by atoms with E-state index in [1.54, 1.807) is 7.11 Å². The van der Waals surface area contributed by atoms with Gasteiger partial charge in [0.15, 0.2) is 0 Å². The van der Waals surface area contributed by atoms with E-state index in [1.165, 1.54) is 0 Å². The number of nitrogens with one attached hydrogen (secondary N) is 1. The van der Waals surface area contributed by atoms with Crippen LogP contribution in [-0.2, 0) is 4.74 Å². The Hall–Kier alpha value is -3.31. The number of ether oxygens (including phenoxy) is 2. The van der Waals surface area contributed by atoms with E-state index in [0.29, 0.717) is 30.2 Å². The molecule has 0 unspecified atom stereocenters. The zero-order chi connectivity index (χ0) is 20.1. The molecule has 0 radical (unpaired) electrons. The van der Waals surface area contributed by atoms with E-state index in [2.05, 4.69) is 22.3 Å². The molecule has 3 aromatic carbocycles. The maximum absolute atomic E-state index is 12.8. The summed E-state index contributed by atoms with van der Waals surface area (Å²) in [6.45, 7) is 3.09. The molecule has 0 spiro atoms. The van der Waals surface area contributed by atoms with Crippen LogP contribution in [0, 0.1) is 0 Å². The standard InChI is InChI=1S/C24H24N2O3/c1-28-23-12-11-21(26-13-15-29-16-14-26)17-22(23)25-24(27)20-9-7-19(8-10-20)18-5-3-2-4-6-18/h2-12,17H,13-16H2,1H3,(H,25,27). The van der Waals surface area contributed by atoms with Gasteiger partial charge in [0.05, 0.1) is 26.0 Å². The normalized spacial score (nSPS) is 13.8. The van der Waals surface area contributed by atoms with Crippen molar-refractivity contribution in [2.45, 2.75) is 0 Å². The van der Waals surface area contributed by atoms with Crippen LogP contribution in [0.5, 0.6) is 5.75 Å². The molecule has 0 aromatic heterocycles. The van der Waals surface area contributed by atoms with Crippen molar-refractivity contribution in [3.63, 3.8) is 0 Å². The first-order valence-corrected chi connectivity index (χ1v) is 9.72. The van der Waals surface area contributed by atoms with Gasteiger partial charge < -0.3 is 19.7 Å². The second kappa shape index (κ2) is 8.80. The zero-order valence-electron chi connectivity index (χ0n) is 16.4. The van der Waals surface area contributed by atoms with Gasteiger partial charge in [0, 0.05) is 24.3 Å². The van der Waals surface area contributed by atoms with Crippen molar-refractivity contribution >= 4 is 17.3 Å². The average Bonchev–Trinajstić information content (AvgIpc) is 2.80. The Bertz CT molecular complexity index is 965. The van der Waals surface area contributed by atoms with Gasteiger partial charge in [-0.25, -0.2) is 0 Å². The second-order valence-electron chi connectivity index (χ2n) is 6.88. The Morgan fingerprint density at radius 1 is 0.931 bits per heavy atom. The molecule has 1 saturated heterocycles. The number of nitrogens with zero attached hydrogens (tertiary/aromatic N) is 1. The topological polar surface area (TPSA) is 50.8 Å². The molecule has 5 nitrogen and oxygen atoms in total. The highest BCUT2D eigenvalue weighted by molar-refractivity contribution is 6.05. The number of methoxy groups -OCH3 is 1. The van der Waals surface area contributed by atoms with E-state index in [-0.39, 0.29) is 5.91 Å². The maximum Gasteiger partial charge on any atom is 0.255 e. The Morgan fingerprint density at radius 2 is 1.62 bits per heavy atom. The third kappa shape index (κ3) is 4.41. The largest absolute Gasteiger partial charge is 0.495 e. The van der Waals surface area contributed by atoms with E-state index >= 15 is 0 Å². The highest BCUT2D eigenvalue weighted by Crippen LogP contribution is 2.30. The smallest absolute Gasteiger partial charge is 0.255 e. The number of morpholine rings is 1. The SMILES string of the molecule is COc1ccc(N2CCOCC2)cc1NC(=O)c1ccc(-c2ccccc2)cc1. The van der Waals surface area contributed by atoms with Crippen LogP contribution in [0.3, 0.4) is 0 Å². The number of hydrogen-bond donors (Lipinski definition) is 1. The lowest BCUT2D eigenvalue weighted by molar-refractivity contribution is 0.102. The summed E-state index contributed by atoms with van der Waals surface area (Å²) in [4.78, 5) is 15.1. The molecule has 1 fully saturated rings. The van der Waals surface area contributed by atoms with Gasteiger partial charge in [0.1, 0.15) is 5.75 Å². The van der Waals surface area contributed by atoms with Crippen molar-refractivity contribution in [2.24, 2.45) is 0 Å². The summed E-state index contributed by atoms with van der Waals surface area (Å²) in [7, 11) is 1.61. The highest BCUT2D eigenvalue weighted by Gasteiger charge is 2.15. The van der Waals surface area contributed by atoms with Gasteiger partial charge in [0.25, 0.3) is 5.91 Å². The fourth-order valence-corrected chi connectivity index (χ4v) is 3.45. The fourth-order valence-electron chi connectivity index (χ4n) is 3.45. The summed E-state index contributed by atoms with van der Waals surface area (Å²) in [5.74, 6) is 0.471. The number of carbonyl (C=O) groups excluding carboxylic acids is 1. The summed E-state index contributed by atoms with van der Waals surface area (Å²) in [5, 5.41) is 2.99. The first-order chi connectivity index (χ1) is 14.2. The fraction of sp³-hybridized carbons (Fsp3) is 0.208. The first kappa shape index (κ1) is 19.0. The Labute approximate surface area is 170 Å². The van der Waals surface area contributed by atoms with Crippen molar-refractivity contribution < 1.29 is 14.3 Å². The predicted octanol–water partition coefficient (Wildman–Crippen LogP) is 4.45. The van der Waals surface area contributed by atoms with E-state index < -0.39 is 0 Å². The molecule has 0 atom stereocenters. The summed E-state index contributed by atoms with van der Waals surface area (Å²) in [6, 6.07) is 23.6. The van der Waals surface area contributed by atoms with Crippen molar-refractivity contribution in [1.29, 1.82) is 0 Å². The molecule has 1 aliphatic heterocycles. The number of carbonyl (C=O) groups is 1. The third-order valence-electron chi connectivity index (χ3n) is 5.06. The molecule has 148 valence electrons. The summed E-state index contributed by atoms with van der Waals surface area (Å²) >= 11 is 0. The number of hydrogen-bond acceptors (Lipinski definition) is 4. The Balaban J connectivity index is 1.52. The molecule has 1 amide bonds. The van der Waals surface area contributed by atoms with Crippen LogP contribution in [0.25, 0.3) is 11.1 Å². The molecule has 0 saturated carbocycles. The van der Waals surface area contributed by atoms with E-state index in [1.807, 2.05) is 60.7 Å². The number of amides is 1. The molecular formula is C24H24N2O3. The van der Waals surface area contributed by atoms with Gasteiger partial charge in [-0.3, -0.25) is 4.79 Å². The van der Waals surface area contributed by atoms with Crippen LogP contribution < -0.4 is 15.0 Å². The average molecular weight is 388 g/mol. The quantitative estimate of drug-likeness (QED) is 0.702. The monoisotopic (exact) mass is 388 g/mol. The van der Waals surface area contributed by atoms with Crippen LogP contribution in [0.1, 0.15) is 10.4 Å². The minimum absolute atomic E-state index is 0.165. The van der Waals surface area contributed by atoms with Crippen molar-refractivity contribution in [3.8, 4) is 16.9 Å². The van der Waals surface area contributed by atoms with Gasteiger partial charge >= 0.3 is 0 Å². The molecule has 1 heterocycles. The number of rotatable bonds is 5. The minimum Gasteiger partial charge on any atom is -0.495 e. The maximum atomic E-state index is 12.8. The highest BCUT2D eigenvalue weighted by atomic mass is 16.5. The van der Waals surface area contributed by atoms with Gasteiger partial charge in [-0.2, -0.15) is 0 Å². The van der Waals surface area contributed by atoms with Crippen LogP contribution in [0.2, 0.25) is 0 Å². The molecule has 29 heavy (non-hydrogen) atoms. The lowest BCUT2D eigenvalue weighted by Crippen LogP contribution is -2.36. The van der Waals surface area contributed by atoms with Gasteiger partial charge in [-0.15, -0.1) is 0 Å². The van der Waals surface area contributed by atoms with E-state index in [0.717, 1.165) is 29.9 Å². The summed E-state index contributed by atoms with van der Waals surface area (Å²) < 4.78 is 10.9. The molecule has 3 aromatic rings. The van der Waals surface area contributed by atoms with Gasteiger partial charge in [0.2, 0.25) is 0 Å². The summed E-state index contributed by atoms with van der Waals surface area (Å²) in [5.41, 5.74) is 4.51. The first-order valence-electron chi connectivity index (χ1n) is 9.72. The molecule has 1 N–H and O–H groups in total. The number of anilines is 2. The Morgan fingerprint density at radius 3 is 2.31 bits per heavy atom. The van der Waals surface area contributed by atoms with Gasteiger partial charge in [-0.05, 0) is 41.5 Å². The molecule has 1 aliphatic rings. The Kier molecular flexibility index (Phi) is 5.77. The number of benzene rings is 3.